The molecule has 0 spiro atoms. The maximum atomic E-state index is 11.0. The Morgan fingerprint density at radius 2 is 1.88 bits per heavy atom. The number of aromatic nitrogens is 3. The zero-order valence-corrected chi connectivity index (χ0v) is 8.92. The number of benzene rings is 1. The smallest absolute Gasteiger partial charge is 0.247 e. The van der Waals surface area contributed by atoms with Crippen LogP contribution in [-0.2, 0) is 0 Å². The van der Waals surface area contributed by atoms with E-state index in [1.165, 1.54) is 6.07 Å². The molecule has 2 heterocycles. The van der Waals surface area contributed by atoms with Crippen LogP contribution in [0.15, 0.2) is 53.5 Å². The standard InChI is InChI=1S/C13H9N3O/c17-13-6-5-10(8-14-13)12-7-9-3-1-2-4-11(9)15-16-12/h1-8H,(H,14,17). The van der Waals surface area contributed by atoms with E-state index in [1.807, 2.05) is 30.3 Å². The highest BCUT2D eigenvalue weighted by molar-refractivity contribution is 5.81. The molecule has 0 radical (unpaired) electrons. The molecule has 0 saturated carbocycles. The van der Waals surface area contributed by atoms with Crippen LogP contribution in [-0.4, -0.2) is 15.2 Å². The number of nitrogens with one attached hydrogen (secondary N) is 1. The van der Waals surface area contributed by atoms with Crippen molar-refractivity contribution >= 4 is 10.9 Å². The largest absolute Gasteiger partial charge is 0.328 e. The highest BCUT2D eigenvalue weighted by Crippen LogP contribution is 2.18. The maximum Gasteiger partial charge on any atom is 0.247 e. The van der Waals surface area contributed by atoms with Crippen molar-refractivity contribution in [2.75, 3.05) is 0 Å². The number of fused-ring (bicyclic) bond motifs is 1. The van der Waals surface area contributed by atoms with Crippen molar-refractivity contribution in [3.63, 3.8) is 0 Å². The first-order valence-corrected chi connectivity index (χ1v) is 5.24. The fourth-order valence-electron chi connectivity index (χ4n) is 1.70. The number of hydrogen-bond donors (Lipinski definition) is 1. The van der Waals surface area contributed by atoms with E-state index in [9.17, 15) is 4.79 Å². The molecule has 82 valence electrons. The van der Waals surface area contributed by atoms with Gasteiger partial charge in [-0.1, -0.05) is 18.2 Å². The summed E-state index contributed by atoms with van der Waals surface area (Å²) >= 11 is 0. The molecule has 0 aliphatic rings. The molecular weight excluding hydrogens is 214 g/mol. The third kappa shape index (κ3) is 1.80. The molecule has 1 aromatic carbocycles. The molecule has 3 rings (SSSR count). The van der Waals surface area contributed by atoms with E-state index in [-0.39, 0.29) is 5.56 Å². The second-order valence-corrected chi connectivity index (χ2v) is 3.73. The average molecular weight is 223 g/mol. The van der Waals surface area contributed by atoms with Crippen LogP contribution in [0, 0.1) is 0 Å². The van der Waals surface area contributed by atoms with Crippen LogP contribution in [0.1, 0.15) is 0 Å². The Morgan fingerprint density at radius 3 is 2.71 bits per heavy atom. The molecule has 17 heavy (non-hydrogen) atoms. The summed E-state index contributed by atoms with van der Waals surface area (Å²) in [4.78, 5) is 13.6. The first-order valence-electron chi connectivity index (χ1n) is 5.24. The Balaban J connectivity index is 2.17. The predicted octanol–water partition coefficient (Wildman–Crippen LogP) is 1.99. The van der Waals surface area contributed by atoms with Gasteiger partial charge in [0.25, 0.3) is 0 Å². The van der Waals surface area contributed by atoms with Crippen LogP contribution < -0.4 is 5.56 Å². The summed E-state index contributed by atoms with van der Waals surface area (Å²) in [7, 11) is 0. The molecule has 0 fully saturated rings. The third-order valence-electron chi connectivity index (χ3n) is 2.57. The van der Waals surface area contributed by atoms with Crippen LogP contribution in [0.3, 0.4) is 0 Å². The lowest BCUT2D eigenvalue weighted by Gasteiger charge is -2.01. The van der Waals surface area contributed by atoms with Crippen molar-refractivity contribution in [1.82, 2.24) is 15.2 Å². The van der Waals surface area contributed by atoms with Crippen molar-refractivity contribution < 1.29 is 0 Å². The van der Waals surface area contributed by atoms with E-state index in [4.69, 9.17) is 0 Å². The molecule has 4 heteroatoms. The third-order valence-corrected chi connectivity index (χ3v) is 2.57. The Morgan fingerprint density at radius 1 is 1.00 bits per heavy atom. The fraction of sp³-hybridized carbons (Fsp3) is 0. The average Bonchev–Trinajstić information content (AvgIpc) is 2.39. The molecule has 0 aliphatic carbocycles. The number of H-pyrrole nitrogens is 1. The lowest BCUT2D eigenvalue weighted by Crippen LogP contribution is -2.02. The molecule has 0 aliphatic heterocycles. The molecule has 0 amide bonds. The van der Waals surface area contributed by atoms with Crippen LogP contribution in [0.25, 0.3) is 22.2 Å². The van der Waals surface area contributed by atoms with Gasteiger partial charge in [0.05, 0.1) is 11.2 Å². The van der Waals surface area contributed by atoms with Crippen molar-refractivity contribution in [3.8, 4) is 11.3 Å². The first kappa shape index (κ1) is 9.72. The van der Waals surface area contributed by atoms with Gasteiger partial charge in [0.15, 0.2) is 0 Å². The van der Waals surface area contributed by atoms with Crippen LogP contribution >= 0.6 is 0 Å². The van der Waals surface area contributed by atoms with E-state index in [1.54, 1.807) is 12.3 Å². The molecule has 0 saturated heterocycles. The van der Waals surface area contributed by atoms with Crippen molar-refractivity contribution in [2.45, 2.75) is 0 Å². The Kier molecular flexibility index (Phi) is 2.19. The molecule has 4 nitrogen and oxygen atoms in total. The Hall–Kier alpha value is -2.49. The van der Waals surface area contributed by atoms with E-state index >= 15 is 0 Å². The van der Waals surface area contributed by atoms with E-state index in [0.717, 1.165) is 22.2 Å². The SMILES string of the molecule is O=c1ccc(-c2cc3ccccc3nn2)c[nH]1. The topological polar surface area (TPSA) is 58.6 Å². The van der Waals surface area contributed by atoms with E-state index in [0.29, 0.717) is 0 Å². The van der Waals surface area contributed by atoms with Crippen LogP contribution in [0.4, 0.5) is 0 Å². The van der Waals surface area contributed by atoms with E-state index in [2.05, 4.69) is 15.2 Å². The van der Waals surface area contributed by atoms with Crippen molar-refractivity contribution in [3.05, 3.63) is 59.0 Å². The number of nitrogens with zero attached hydrogens (tertiary/aromatic N) is 2. The lowest BCUT2D eigenvalue weighted by molar-refractivity contribution is 1.08. The van der Waals surface area contributed by atoms with E-state index < -0.39 is 0 Å². The van der Waals surface area contributed by atoms with Crippen molar-refractivity contribution in [2.24, 2.45) is 0 Å². The highest BCUT2D eigenvalue weighted by Gasteiger charge is 2.01. The molecule has 2 aromatic heterocycles. The number of hydrogen-bond acceptors (Lipinski definition) is 3. The molecular formula is C13H9N3O. The summed E-state index contributed by atoms with van der Waals surface area (Å²) in [6, 6.07) is 13.0. The number of aromatic amines is 1. The minimum Gasteiger partial charge on any atom is -0.328 e. The van der Waals surface area contributed by atoms with Gasteiger partial charge < -0.3 is 4.98 Å². The van der Waals surface area contributed by atoms with Gasteiger partial charge in [-0.25, -0.2) is 0 Å². The summed E-state index contributed by atoms with van der Waals surface area (Å²) in [5.41, 5.74) is 2.34. The molecule has 0 atom stereocenters. The van der Waals surface area contributed by atoms with Gasteiger partial charge in [0.1, 0.15) is 0 Å². The minimum atomic E-state index is -0.123. The summed E-state index contributed by atoms with van der Waals surface area (Å²) in [5, 5.41) is 9.30. The highest BCUT2D eigenvalue weighted by atomic mass is 16.1. The molecule has 1 N–H and O–H groups in total. The van der Waals surface area contributed by atoms with Gasteiger partial charge in [-0.15, -0.1) is 10.2 Å². The van der Waals surface area contributed by atoms with Gasteiger partial charge in [0, 0.05) is 23.2 Å². The molecule has 0 bridgehead atoms. The van der Waals surface area contributed by atoms with Crippen LogP contribution in [0.5, 0.6) is 0 Å². The van der Waals surface area contributed by atoms with Gasteiger partial charge in [-0.2, -0.15) is 0 Å². The van der Waals surface area contributed by atoms with Gasteiger partial charge in [-0.3, -0.25) is 4.79 Å². The Bertz CT molecular complexity index is 713. The van der Waals surface area contributed by atoms with Crippen LogP contribution in [0.2, 0.25) is 0 Å². The number of pyridine rings is 1. The predicted molar refractivity (Wildman–Crippen MR) is 65.6 cm³/mol. The van der Waals surface area contributed by atoms with Gasteiger partial charge in [0.2, 0.25) is 5.56 Å². The summed E-state index contributed by atoms with van der Waals surface area (Å²) < 4.78 is 0. The summed E-state index contributed by atoms with van der Waals surface area (Å²) in [6.07, 6.45) is 1.64. The zero-order valence-electron chi connectivity index (χ0n) is 8.92. The van der Waals surface area contributed by atoms with Crippen molar-refractivity contribution in [1.29, 1.82) is 0 Å². The maximum absolute atomic E-state index is 11.0. The summed E-state index contributed by atoms with van der Waals surface area (Å²) in [5.74, 6) is 0. The second kappa shape index (κ2) is 3.83. The first-order chi connectivity index (χ1) is 8.33. The fourth-order valence-corrected chi connectivity index (χ4v) is 1.70. The molecule has 0 unspecified atom stereocenters. The van der Waals surface area contributed by atoms with Gasteiger partial charge >= 0.3 is 0 Å². The minimum absolute atomic E-state index is 0.123. The lowest BCUT2D eigenvalue weighted by atomic mass is 10.1. The number of rotatable bonds is 1. The molecule has 3 aromatic rings. The van der Waals surface area contributed by atoms with Gasteiger partial charge in [-0.05, 0) is 18.2 Å². The Labute approximate surface area is 97.0 Å². The summed E-state index contributed by atoms with van der Waals surface area (Å²) in [6.45, 7) is 0. The second-order valence-electron chi connectivity index (χ2n) is 3.73. The zero-order chi connectivity index (χ0) is 11.7. The normalized spacial score (nSPS) is 10.6. The quantitative estimate of drug-likeness (QED) is 0.686. The monoisotopic (exact) mass is 223 g/mol.